The fourth-order valence-corrected chi connectivity index (χ4v) is 6.65. The lowest BCUT2D eigenvalue weighted by atomic mass is 9.72. The molecule has 0 radical (unpaired) electrons. The highest BCUT2D eigenvalue weighted by molar-refractivity contribution is 6.76. The molecule has 0 unspecified atom stereocenters. The Morgan fingerprint density at radius 3 is 2.27 bits per heavy atom. The van der Waals surface area contributed by atoms with Gasteiger partial charge in [0.15, 0.2) is 5.69 Å². The van der Waals surface area contributed by atoms with Gasteiger partial charge in [-0.2, -0.15) is 18.4 Å². The third-order valence-corrected chi connectivity index (χ3v) is 10.4. The van der Waals surface area contributed by atoms with Crippen LogP contribution in [0.1, 0.15) is 130 Å². The van der Waals surface area contributed by atoms with Crippen LogP contribution in [0.4, 0.5) is 18.9 Å². The van der Waals surface area contributed by atoms with Crippen LogP contribution < -0.4 is 5.32 Å². The van der Waals surface area contributed by atoms with Gasteiger partial charge in [-0.25, -0.2) is 9.78 Å². The summed E-state index contributed by atoms with van der Waals surface area (Å²) in [6, 6.07) is 5.80. The van der Waals surface area contributed by atoms with E-state index < -0.39 is 89.9 Å². The number of anilines is 1. The van der Waals surface area contributed by atoms with E-state index >= 15 is 0 Å². The molecule has 2 aromatic rings. The standard InChI is InChI=1S/C35H54N6O2Si.C2HF3O2/c1-11-41-34(4,5)20-26(21-35(41,6)7)28-12-13-29(30(38-28)25-14-16-33(2,3)17-15-25)39-32(42)31-37-27(22-36)23-40(31)24-43-18-19-44(8,9)10;3-2(4,5)1(6)7/h12-14,23,26H,11,15-21,24H2,1-10H3,(H,39,42);(H,6,7)/i4D3,5D3,6D3,7D3;. The Labute approximate surface area is 318 Å². The van der Waals surface area contributed by atoms with Crippen LogP contribution in [0.2, 0.25) is 25.7 Å². The van der Waals surface area contributed by atoms with E-state index in [1.54, 1.807) is 0 Å². The molecule has 2 aliphatic rings. The highest BCUT2D eigenvalue weighted by Gasteiger charge is 2.45. The van der Waals surface area contributed by atoms with E-state index in [1.165, 1.54) is 29.8 Å². The van der Waals surface area contributed by atoms with Gasteiger partial charge in [-0.3, -0.25) is 14.7 Å². The predicted molar refractivity (Wildman–Crippen MR) is 195 cm³/mol. The largest absolute Gasteiger partial charge is 0.490 e. The number of imidazole rings is 1. The summed E-state index contributed by atoms with van der Waals surface area (Å²) in [4.78, 5) is 32.6. The van der Waals surface area contributed by atoms with Crippen LogP contribution in [0.5, 0.6) is 0 Å². The van der Waals surface area contributed by atoms with Crippen molar-refractivity contribution in [2.24, 2.45) is 5.41 Å². The number of carbonyl (C=O) groups is 2. The van der Waals surface area contributed by atoms with Gasteiger partial charge in [0, 0.05) is 60.0 Å². The molecule has 282 valence electrons. The van der Waals surface area contributed by atoms with Crippen molar-refractivity contribution in [3.63, 3.8) is 0 Å². The summed E-state index contributed by atoms with van der Waals surface area (Å²) in [7, 11) is -1.40. The molecule has 2 N–H and O–H groups in total. The molecule has 14 heteroatoms. The van der Waals surface area contributed by atoms with Crippen LogP contribution in [-0.2, 0) is 16.3 Å². The molecule has 0 spiro atoms. The number of nitrogens with one attached hydrogen (secondary N) is 1. The first-order valence-corrected chi connectivity index (χ1v) is 20.2. The number of carbonyl (C=O) groups excluding carboxylic acids is 1. The first-order valence-electron chi connectivity index (χ1n) is 22.5. The summed E-state index contributed by atoms with van der Waals surface area (Å²) < 4.78 is 142. The molecular weight excluding hydrogens is 678 g/mol. The van der Waals surface area contributed by atoms with Gasteiger partial charge in [-0.1, -0.05) is 46.5 Å². The lowest BCUT2D eigenvalue weighted by molar-refractivity contribution is -0.192. The number of hydrogen-bond donors (Lipinski definition) is 2. The number of aromatic nitrogens is 3. The van der Waals surface area contributed by atoms with Crippen molar-refractivity contribution in [1.82, 2.24) is 19.4 Å². The average molecular weight is 745 g/mol. The zero-order valence-corrected chi connectivity index (χ0v) is 30.8. The molecule has 0 saturated carbocycles. The number of carboxylic acid groups (broad SMARTS) is 1. The molecule has 3 heterocycles. The normalized spacial score (nSPS) is 23.4. The number of likely N-dealkylation sites (tertiary alicyclic amines) is 1. The van der Waals surface area contributed by atoms with Gasteiger partial charge >= 0.3 is 12.1 Å². The van der Waals surface area contributed by atoms with E-state index in [-0.39, 0.29) is 40.7 Å². The van der Waals surface area contributed by atoms with E-state index in [1.807, 2.05) is 12.1 Å². The first kappa shape index (κ1) is 27.1. The van der Waals surface area contributed by atoms with E-state index in [0.29, 0.717) is 24.3 Å². The Kier molecular flexibility index (Phi) is 8.51. The smallest absolute Gasteiger partial charge is 0.475 e. The third-order valence-electron chi connectivity index (χ3n) is 8.74. The SMILES string of the molecule is O=C(O)C(F)(F)F.[2H]C([2H])([2H])C1(C([2H])([2H])[2H])CC(c2ccc(NC(=O)c3nc(C#N)cn3COCC[Si](C)(C)C)c(C3=CCC(C)(C)CC3)n2)CC(C([2H])([2H])[2H])(C([2H])([2H])[2H])N1CC. The summed E-state index contributed by atoms with van der Waals surface area (Å²) in [6.07, 6.45) is -1.03. The van der Waals surface area contributed by atoms with Crippen LogP contribution >= 0.6 is 0 Å². The summed E-state index contributed by atoms with van der Waals surface area (Å²) in [6.45, 7) is -1.23. The molecule has 0 atom stereocenters. The Morgan fingerprint density at radius 2 is 1.78 bits per heavy atom. The van der Waals surface area contributed by atoms with Crippen molar-refractivity contribution in [1.29, 1.82) is 5.26 Å². The fraction of sp³-hybridized carbons (Fsp3) is 0.649. The Hall–Kier alpha value is -3.54. The number of carboxylic acids is 1. The topological polar surface area (TPSA) is 133 Å². The molecular formula is C37H55F3N6O4Si. The molecule has 4 rings (SSSR count). The van der Waals surface area contributed by atoms with Crippen LogP contribution in [0.15, 0.2) is 24.4 Å². The lowest BCUT2D eigenvalue weighted by Gasteiger charge is -2.55. The van der Waals surface area contributed by atoms with Crippen LogP contribution in [-0.4, -0.2) is 74.9 Å². The minimum atomic E-state index is -5.08. The van der Waals surface area contributed by atoms with Gasteiger partial charge in [0.05, 0.1) is 11.4 Å². The molecule has 1 aliphatic heterocycles. The van der Waals surface area contributed by atoms with Gasteiger partial charge in [0.1, 0.15) is 12.8 Å². The number of aliphatic carboxylic acids is 1. The highest BCUT2D eigenvalue weighted by Crippen LogP contribution is 2.46. The number of nitrogens with zero attached hydrogens (tertiary/aromatic N) is 5. The average Bonchev–Trinajstić information content (AvgIpc) is 3.54. The van der Waals surface area contributed by atoms with Gasteiger partial charge in [-0.15, -0.1) is 0 Å². The maximum Gasteiger partial charge on any atom is 0.490 e. The molecule has 1 amide bonds. The van der Waals surface area contributed by atoms with E-state index in [0.717, 1.165) is 18.0 Å². The summed E-state index contributed by atoms with van der Waals surface area (Å²) in [5.41, 5.74) is -4.43. The van der Waals surface area contributed by atoms with Crippen LogP contribution in [0.3, 0.4) is 0 Å². The quantitative estimate of drug-likeness (QED) is 0.182. The number of rotatable bonds is 10. The van der Waals surface area contributed by atoms with Crippen molar-refractivity contribution >= 4 is 31.2 Å². The number of halogens is 3. The molecule has 2 aromatic heterocycles. The van der Waals surface area contributed by atoms with Gasteiger partial charge in [-0.05, 0) is 95.2 Å². The van der Waals surface area contributed by atoms with Crippen molar-refractivity contribution in [2.45, 2.75) is 136 Å². The van der Waals surface area contributed by atoms with Gasteiger partial charge in [0.2, 0.25) is 5.82 Å². The number of allylic oxidation sites excluding steroid dienone is 2. The summed E-state index contributed by atoms with van der Waals surface area (Å²) in [5.74, 6) is -4.77. The zero-order valence-electron chi connectivity index (χ0n) is 41.8. The molecule has 51 heavy (non-hydrogen) atoms. The number of piperidine rings is 1. The number of amides is 1. The minimum absolute atomic E-state index is 0.00674. The molecule has 0 bridgehead atoms. The van der Waals surface area contributed by atoms with Crippen molar-refractivity contribution in [3.05, 3.63) is 47.3 Å². The van der Waals surface area contributed by atoms with E-state index in [9.17, 15) is 23.2 Å². The Bertz CT molecular complexity index is 1980. The zero-order chi connectivity index (χ0) is 48.6. The van der Waals surface area contributed by atoms with Crippen molar-refractivity contribution < 1.29 is 49.1 Å². The Morgan fingerprint density at radius 1 is 1.16 bits per heavy atom. The summed E-state index contributed by atoms with van der Waals surface area (Å²) >= 11 is 0. The number of alkyl halides is 3. The lowest BCUT2D eigenvalue weighted by Crippen LogP contribution is -2.59. The van der Waals surface area contributed by atoms with Crippen molar-refractivity contribution in [3.8, 4) is 6.07 Å². The maximum absolute atomic E-state index is 13.9. The van der Waals surface area contributed by atoms with E-state index in [4.69, 9.17) is 36.1 Å². The first-order chi connectivity index (χ1) is 28.4. The summed E-state index contributed by atoms with van der Waals surface area (Å²) in [5, 5.41) is 19.6. The monoisotopic (exact) mass is 744 g/mol. The van der Waals surface area contributed by atoms with Gasteiger partial charge < -0.3 is 19.7 Å². The number of ether oxygens (including phenoxy) is 1. The predicted octanol–water partition coefficient (Wildman–Crippen LogP) is 8.70. The number of pyridine rings is 1. The van der Waals surface area contributed by atoms with Crippen molar-refractivity contribution in [2.75, 3.05) is 18.5 Å². The minimum Gasteiger partial charge on any atom is -0.475 e. The van der Waals surface area contributed by atoms with Crippen LogP contribution in [0.25, 0.3) is 5.57 Å². The second kappa shape index (κ2) is 16.0. The van der Waals surface area contributed by atoms with E-state index in [2.05, 4.69) is 43.8 Å². The Balaban J connectivity index is 0.00000139. The number of nitriles is 1. The maximum atomic E-state index is 13.9. The molecule has 1 fully saturated rings. The number of hydrogen-bond acceptors (Lipinski definition) is 7. The van der Waals surface area contributed by atoms with Gasteiger partial charge in [0.25, 0.3) is 5.91 Å². The second-order valence-electron chi connectivity index (χ2n) is 14.9. The molecule has 1 aliphatic carbocycles. The fourth-order valence-electron chi connectivity index (χ4n) is 5.89. The van der Waals surface area contributed by atoms with Crippen LogP contribution in [0, 0.1) is 16.7 Å². The second-order valence-corrected chi connectivity index (χ2v) is 20.6. The highest BCUT2D eigenvalue weighted by atomic mass is 28.3. The molecule has 0 aromatic carbocycles. The third kappa shape index (κ3) is 11.5. The molecule has 1 saturated heterocycles. The molecule has 10 nitrogen and oxygen atoms in total.